The molecular weight excluding hydrogens is 234 g/mol. The highest BCUT2D eigenvalue weighted by atomic mass is 35.5. The summed E-state index contributed by atoms with van der Waals surface area (Å²) in [5.41, 5.74) is 6.17. The van der Waals surface area contributed by atoms with Gasteiger partial charge in [0, 0.05) is 10.9 Å². The molecule has 0 aromatic carbocycles. The summed E-state index contributed by atoms with van der Waals surface area (Å²) >= 11 is 9.55. The van der Waals surface area contributed by atoms with Gasteiger partial charge in [-0.15, -0.1) is 11.3 Å². The topological polar surface area (TPSA) is 26.0 Å². The van der Waals surface area contributed by atoms with E-state index in [0.717, 1.165) is 10.8 Å². The van der Waals surface area contributed by atoms with E-state index in [9.17, 15) is 0 Å². The van der Waals surface area contributed by atoms with Crippen molar-refractivity contribution in [1.82, 2.24) is 0 Å². The van der Waals surface area contributed by atoms with Gasteiger partial charge < -0.3 is 5.73 Å². The predicted octanol–water partition coefficient (Wildman–Crippen LogP) is 3.02. The second kappa shape index (κ2) is 4.88. The van der Waals surface area contributed by atoms with Crippen molar-refractivity contribution in [3.63, 3.8) is 0 Å². The van der Waals surface area contributed by atoms with Crippen molar-refractivity contribution >= 4 is 34.7 Å². The number of rotatable bonds is 3. The lowest BCUT2D eigenvalue weighted by molar-refractivity contribution is 0.465. The Bertz CT molecular complexity index is 294. The molecule has 2 heterocycles. The van der Waals surface area contributed by atoms with Gasteiger partial charge in [-0.2, -0.15) is 11.8 Å². The van der Waals surface area contributed by atoms with Crippen LogP contribution in [0.15, 0.2) is 12.1 Å². The molecule has 1 aliphatic rings. The van der Waals surface area contributed by atoms with Crippen LogP contribution in [0.2, 0.25) is 4.34 Å². The quantitative estimate of drug-likeness (QED) is 0.889. The van der Waals surface area contributed by atoms with E-state index in [4.69, 9.17) is 17.3 Å². The number of thiophene rings is 1. The summed E-state index contributed by atoms with van der Waals surface area (Å²) in [6.45, 7) is 0. The lowest BCUT2D eigenvalue weighted by Gasteiger charge is -2.16. The van der Waals surface area contributed by atoms with Crippen molar-refractivity contribution in [2.75, 3.05) is 11.5 Å². The molecule has 78 valence electrons. The van der Waals surface area contributed by atoms with E-state index < -0.39 is 0 Å². The predicted molar refractivity (Wildman–Crippen MR) is 66.4 cm³/mol. The fourth-order valence-electron chi connectivity index (χ4n) is 1.75. The number of nitrogens with two attached hydrogens (primary N) is 1. The van der Waals surface area contributed by atoms with E-state index in [-0.39, 0.29) is 0 Å². The van der Waals surface area contributed by atoms with Crippen LogP contribution in [0.4, 0.5) is 0 Å². The monoisotopic (exact) mass is 247 g/mol. The summed E-state index contributed by atoms with van der Waals surface area (Å²) in [7, 11) is 0. The molecule has 0 amide bonds. The molecule has 1 saturated heterocycles. The van der Waals surface area contributed by atoms with E-state index in [1.807, 2.05) is 17.8 Å². The van der Waals surface area contributed by atoms with Crippen molar-refractivity contribution in [2.45, 2.75) is 18.9 Å². The van der Waals surface area contributed by atoms with Gasteiger partial charge in [0.2, 0.25) is 0 Å². The van der Waals surface area contributed by atoms with Gasteiger partial charge in [-0.3, -0.25) is 0 Å². The Labute approximate surface area is 98.0 Å². The molecule has 14 heavy (non-hydrogen) atoms. The zero-order chi connectivity index (χ0) is 9.97. The zero-order valence-corrected chi connectivity index (χ0v) is 10.3. The van der Waals surface area contributed by atoms with Gasteiger partial charge in [0.25, 0.3) is 0 Å². The number of halogens is 1. The van der Waals surface area contributed by atoms with Crippen molar-refractivity contribution in [3.8, 4) is 0 Å². The smallest absolute Gasteiger partial charge is 0.0931 e. The molecule has 2 atom stereocenters. The summed E-state index contributed by atoms with van der Waals surface area (Å²) in [6, 6.07) is 4.37. The van der Waals surface area contributed by atoms with Crippen molar-refractivity contribution < 1.29 is 0 Å². The van der Waals surface area contributed by atoms with Gasteiger partial charge >= 0.3 is 0 Å². The molecule has 0 radical (unpaired) electrons. The van der Waals surface area contributed by atoms with Crippen LogP contribution in [0, 0.1) is 5.92 Å². The third kappa shape index (κ3) is 2.66. The average Bonchev–Trinajstić information content (AvgIpc) is 2.75. The minimum atomic E-state index is 0.319. The molecular formula is C10H14ClNS2. The summed E-state index contributed by atoms with van der Waals surface area (Å²) < 4.78 is 0.869. The first-order valence-corrected chi connectivity index (χ1v) is 7.18. The Hall–Kier alpha value is 0.300. The van der Waals surface area contributed by atoms with Crippen LogP contribution in [-0.4, -0.2) is 17.5 Å². The Kier molecular flexibility index (Phi) is 3.77. The summed E-state index contributed by atoms with van der Waals surface area (Å²) in [6.07, 6.45) is 2.27. The number of thioether (sulfide) groups is 1. The second-order valence-electron chi connectivity index (χ2n) is 3.70. The standard InChI is InChI=1S/C10H14ClNS2/c11-10-2-1-8(14-10)5-9(12)7-3-4-13-6-7/h1-2,7,9H,3-6,12H2. The van der Waals surface area contributed by atoms with Gasteiger partial charge in [-0.25, -0.2) is 0 Å². The van der Waals surface area contributed by atoms with Crippen molar-refractivity contribution in [3.05, 3.63) is 21.3 Å². The molecule has 2 rings (SSSR count). The van der Waals surface area contributed by atoms with Crippen LogP contribution in [0.25, 0.3) is 0 Å². The molecule has 1 aromatic rings. The molecule has 1 fully saturated rings. The minimum Gasteiger partial charge on any atom is -0.327 e. The SMILES string of the molecule is NC(Cc1ccc(Cl)s1)C1CCSC1. The van der Waals surface area contributed by atoms with Crippen LogP contribution >= 0.6 is 34.7 Å². The summed E-state index contributed by atoms with van der Waals surface area (Å²) in [4.78, 5) is 1.32. The van der Waals surface area contributed by atoms with Crippen molar-refractivity contribution in [1.29, 1.82) is 0 Å². The second-order valence-corrected chi connectivity index (χ2v) is 6.65. The maximum absolute atomic E-state index is 6.17. The third-order valence-corrected chi connectivity index (χ3v) is 5.08. The first-order valence-electron chi connectivity index (χ1n) is 4.83. The average molecular weight is 248 g/mol. The molecule has 2 unspecified atom stereocenters. The Morgan fingerprint density at radius 3 is 3.00 bits per heavy atom. The number of hydrogen-bond acceptors (Lipinski definition) is 3. The fraction of sp³-hybridized carbons (Fsp3) is 0.600. The molecule has 2 N–H and O–H groups in total. The number of hydrogen-bond donors (Lipinski definition) is 1. The highest BCUT2D eigenvalue weighted by Crippen LogP contribution is 2.29. The van der Waals surface area contributed by atoms with Crippen LogP contribution in [0.1, 0.15) is 11.3 Å². The Morgan fingerprint density at radius 2 is 2.43 bits per heavy atom. The lowest BCUT2D eigenvalue weighted by Crippen LogP contribution is -2.31. The summed E-state index contributed by atoms with van der Waals surface area (Å²) in [5, 5.41) is 0. The molecule has 0 bridgehead atoms. The van der Waals surface area contributed by atoms with E-state index in [2.05, 4.69) is 6.07 Å². The first kappa shape index (κ1) is 10.8. The van der Waals surface area contributed by atoms with Gasteiger partial charge in [-0.05, 0) is 42.4 Å². The molecule has 0 spiro atoms. The van der Waals surface area contributed by atoms with Crippen LogP contribution in [0.3, 0.4) is 0 Å². The highest BCUT2D eigenvalue weighted by molar-refractivity contribution is 7.99. The van der Waals surface area contributed by atoms with Crippen LogP contribution in [0.5, 0.6) is 0 Å². The zero-order valence-electron chi connectivity index (χ0n) is 7.91. The molecule has 1 aromatic heterocycles. The fourth-order valence-corrected chi connectivity index (χ4v) is 4.26. The van der Waals surface area contributed by atoms with Crippen LogP contribution < -0.4 is 5.73 Å². The normalized spacial score (nSPS) is 24.0. The molecule has 1 aliphatic heterocycles. The first-order chi connectivity index (χ1) is 6.75. The van der Waals surface area contributed by atoms with Crippen molar-refractivity contribution in [2.24, 2.45) is 11.7 Å². The maximum atomic E-state index is 6.17. The molecule has 4 heteroatoms. The van der Waals surface area contributed by atoms with E-state index in [1.54, 1.807) is 11.3 Å². The largest absolute Gasteiger partial charge is 0.327 e. The minimum absolute atomic E-state index is 0.319. The van der Waals surface area contributed by atoms with E-state index in [0.29, 0.717) is 12.0 Å². The van der Waals surface area contributed by atoms with E-state index in [1.165, 1.54) is 22.8 Å². The van der Waals surface area contributed by atoms with E-state index >= 15 is 0 Å². The molecule has 0 saturated carbocycles. The van der Waals surface area contributed by atoms with Gasteiger partial charge in [0.15, 0.2) is 0 Å². The van der Waals surface area contributed by atoms with Gasteiger partial charge in [-0.1, -0.05) is 11.6 Å². The van der Waals surface area contributed by atoms with Gasteiger partial charge in [0.1, 0.15) is 0 Å². The lowest BCUT2D eigenvalue weighted by atomic mass is 9.97. The molecule has 1 nitrogen and oxygen atoms in total. The summed E-state index contributed by atoms with van der Waals surface area (Å²) in [5.74, 6) is 3.23. The highest BCUT2D eigenvalue weighted by Gasteiger charge is 2.22. The maximum Gasteiger partial charge on any atom is 0.0931 e. The Morgan fingerprint density at radius 1 is 1.57 bits per heavy atom. The molecule has 0 aliphatic carbocycles. The van der Waals surface area contributed by atoms with Gasteiger partial charge in [0.05, 0.1) is 4.34 Å². The van der Waals surface area contributed by atoms with Crippen LogP contribution in [-0.2, 0) is 6.42 Å². The Balaban J connectivity index is 1.90. The third-order valence-electron chi connectivity index (χ3n) is 2.64.